The van der Waals surface area contributed by atoms with Gasteiger partial charge < -0.3 is 4.55 Å². The second-order valence-corrected chi connectivity index (χ2v) is 2.99. The smallest absolute Gasteiger partial charge is 0.0248 e. The first kappa shape index (κ1) is 10.6. The number of halogens is 1. The van der Waals surface area contributed by atoms with Crippen molar-refractivity contribution in [2.24, 2.45) is 0 Å². The van der Waals surface area contributed by atoms with E-state index in [9.17, 15) is 8.76 Å². The minimum absolute atomic E-state index is 0. The van der Waals surface area contributed by atoms with Crippen molar-refractivity contribution in [3.8, 4) is 0 Å². The second-order valence-electron chi connectivity index (χ2n) is 2.05. The molecule has 0 bridgehead atoms. The summed E-state index contributed by atoms with van der Waals surface area (Å²) in [4.78, 5) is 0.339. The van der Waals surface area contributed by atoms with Gasteiger partial charge in [0.05, 0.1) is 0 Å². The lowest BCUT2D eigenvalue weighted by Crippen LogP contribution is -1.87. The van der Waals surface area contributed by atoms with Gasteiger partial charge in [-0.25, -0.2) is 0 Å². The summed E-state index contributed by atoms with van der Waals surface area (Å²) in [6, 6.07) is 6.70. The lowest BCUT2D eigenvalue weighted by molar-refractivity contribution is 0.537. The topological polar surface area (TPSA) is 40.1 Å². The normalized spacial score (nSPS) is 11.8. The Labute approximate surface area is 74.3 Å². The van der Waals surface area contributed by atoms with E-state index in [1.807, 2.05) is 6.92 Å². The van der Waals surface area contributed by atoms with Crippen LogP contribution in [0.3, 0.4) is 0 Å². The zero-order valence-electron chi connectivity index (χ0n) is 5.94. The Hall–Kier alpha value is -0.380. The Kier molecular flexibility index (Phi) is 4.33. The number of benzene rings is 1. The summed E-state index contributed by atoms with van der Waals surface area (Å²) >= 11 is -2.09. The van der Waals surface area contributed by atoms with Crippen LogP contribution < -0.4 is 0 Å². The van der Waals surface area contributed by atoms with Crippen molar-refractivity contribution in [1.82, 2.24) is 0 Å². The quantitative estimate of drug-likeness (QED) is 0.634. The van der Waals surface area contributed by atoms with Crippen LogP contribution in [-0.2, 0) is 11.1 Å². The highest BCUT2D eigenvalue weighted by Gasteiger charge is 1.88. The van der Waals surface area contributed by atoms with Crippen molar-refractivity contribution in [1.29, 1.82) is 0 Å². The molecule has 0 fully saturated rings. The van der Waals surface area contributed by atoms with Gasteiger partial charge in [-0.05, 0) is 30.1 Å². The zero-order chi connectivity index (χ0) is 7.56. The van der Waals surface area contributed by atoms with Crippen LogP contribution >= 0.6 is 12.4 Å². The van der Waals surface area contributed by atoms with E-state index in [0.717, 1.165) is 5.56 Å². The maximum atomic E-state index is 10.3. The van der Waals surface area contributed by atoms with E-state index in [1.54, 1.807) is 24.3 Å². The molecular formula is C7H8ClO2S-. The second kappa shape index (κ2) is 4.49. The van der Waals surface area contributed by atoms with E-state index in [2.05, 4.69) is 0 Å². The lowest BCUT2D eigenvalue weighted by Gasteiger charge is -2.03. The highest BCUT2D eigenvalue weighted by molar-refractivity contribution is 7.79. The van der Waals surface area contributed by atoms with Gasteiger partial charge in [-0.2, -0.15) is 0 Å². The van der Waals surface area contributed by atoms with Crippen LogP contribution in [0.1, 0.15) is 5.56 Å². The molecule has 0 aliphatic heterocycles. The standard InChI is InChI=1S/C7H8O2S.ClH/c1-6-2-4-7(5-3-6)10(8)9;/h2-5H,1H3,(H,8,9);1H/p-1. The van der Waals surface area contributed by atoms with Gasteiger partial charge in [-0.1, -0.05) is 17.7 Å². The summed E-state index contributed by atoms with van der Waals surface area (Å²) in [7, 11) is 0. The fraction of sp³-hybridized carbons (Fsp3) is 0.143. The number of hydrogen-bond acceptors (Lipinski definition) is 2. The molecule has 1 unspecified atom stereocenters. The van der Waals surface area contributed by atoms with Gasteiger partial charge in [0.15, 0.2) is 0 Å². The summed E-state index contributed by atoms with van der Waals surface area (Å²) < 4.78 is 20.6. The molecule has 1 rings (SSSR count). The van der Waals surface area contributed by atoms with E-state index in [0.29, 0.717) is 4.90 Å². The maximum Gasteiger partial charge on any atom is 0.0248 e. The average molecular weight is 192 g/mol. The first-order valence-corrected chi connectivity index (χ1v) is 3.93. The summed E-state index contributed by atoms with van der Waals surface area (Å²) in [6.45, 7) is 1.91. The van der Waals surface area contributed by atoms with Gasteiger partial charge in [-0.3, -0.25) is 4.21 Å². The Morgan fingerprint density at radius 1 is 1.27 bits per heavy atom. The molecular weight excluding hydrogens is 184 g/mol. The molecule has 0 saturated heterocycles. The van der Waals surface area contributed by atoms with Gasteiger partial charge in [-0.15, -0.1) is 12.4 Å². The number of rotatable bonds is 1. The van der Waals surface area contributed by atoms with E-state index >= 15 is 0 Å². The molecule has 0 saturated carbocycles. The number of aryl methyl sites for hydroxylation is 1. The van der Waals surface area contributed by atoms with Gasteiger partial charge in [0, 0.05) is 4.90 Å². The first-order chi connectivity index (χ1) is 4.70. The molecule has 0 heterocycles. The summed E-state index contributed by atoms with van der Waals surface area (Å²) in [6.07, 6.45) is 0. The van der Waals surface area contributed by atoms with Crippen LogP contribution in [0.25, 0.3) is 0 Å². The summed E-state index contributed by atoms with van der Waals surface area (Å²) in [5, 5.41) is 0. The fourth-order valence-corrected chi connectivity index (χ4v) is 1.01. The van der Waals surface area contributed by atoms with Crippen molar-refractivity contribution in [2.75, 3.05) is 0 Å². The zero-order valence-corrected chi connectivity index (χ0v) is 7.58. The monoisotopic (exact) mass is 191 g/mol. The van der Waals surface area contributed by atoms with Crippen LogP contribution in [0.5, 0.6) is 0 Å². The van der Waals surface area contributed by atoms with E-state index in [1.165, 1.54) is 0 Å². The van der Waals surface area contributed by atoms with Crippen molar-refractivity contribution in [3.63, 3.8) is 0 Å². The molecule has 0 amide bonds. The fourth-order valence-electron chi connectivity index (χ4n) is 0.649. The third-order valence-corrected chi connectivity index (χ3v) is 1.87. The summed E-state index contributed by atoms with van der Waals surface area (Å²) in [5.74, 6) is 0. The molecule has 1 atom stereocenters. The molecule has 2 nitrogen and oxygen atoms in total. The highest BCUT2D eigenvalue weighted by Crippen LogP contribution is 2.05. The number of hydrogen-bond donors (Lipinski definition) is 0. The Morgan fingerprint density at radius 2 is 1.73 bits per heavy atom. The largest absolute Gasteiger partial charge is 0.768 e. The van der Waals surface area contributed by atoms with Gasteiger partial charge >= 0.3 is 0 Å². The lowest BCUT2D eigenvalue weighted by atomic mass is 10.2. The van der Waals surface area contributed by atoms with Crippen LogP contribution in [0, 0.1) is 6.92 Å². The van der Waals surface area contributed by atoms with E-state index in [-0.39, 0.29) is 12.4 Å². The highest BCUT2D eigenvalue weighted by atomic mass is 35.5. The van der Waals surface area contributed by atoms with E-state index in [4.69, 9.17) is 0 Å². The van der Waals surface area contributed by atoms with Crippen LogP contribution in [0.4, 0.5) is 0 Å². The molecule has 62 valence electrons. The third-order valence-electron chi connectivity index (χ3n) is 1.21. The minimum atomic E-state index is -2.09. The van der Waals surface area contributed by atoms with Crippen LogP contribution in [-0.4, -0.2) is 8.76 Å². The predicted molar refractivity (Wildman–Crippen MR) is 45.6 cm³/mol. The Morgan fingerprint density at radius 3 is 2.09 bits per heavy atom. The SMILES string of the molecule is Cc1ccc(S(=O)[O-])cc1.Cl. The maximum absolute atomic E-state index is 10.3. The first-order valence-electron chi connectivity index (χ1n) is 2.86. The molecule has 1 aromatic carbocycles. The Balaban J connectivity index is 0.000001000. The summed E-state index contributed by atoms with van der Waals surface area (Å²) in [5.41, 5.74) is 1.06. The molecule has 1 aromatic rings. The van der Waals surface area contributed by atoms with Crippen LogP contribution in [0.2, 0.25) is 0 Å². The molecule has 11 heavy (non-hydrogen) atoms. The van der Waals surface area contributed by atoms with Gasteiger partial charge in [0.25, 0.3) is 0 Å². The van der Waals surface area contributed by atoms with Crippen molar-refractivity contribution in [2.45, 2.75) is 11.8 Å². The van der Waals surface area contributed by atoms with Crippen molar-refractivity contribution in [3.05, 3.63) is 29.8 Å². The average Bonchev–Trinajstić information content (AvgIpc) is 1.88. The molecule has 0 spiro atoms. The minimum Gasteiger partial charge on any atom is -0.768 e. The molecule has 0 N–H and O–H groups in total. The Bertz CT molecular complexity index is 245. The third kappa shape index (κ3) is 3.01. The molecule has 4 heteroatoms. The van der Waals surface area contributed by atoms with Gasteiger partial charge in [0.2, 0.25) is 0 Å². The predicted octanol–water partition coefficient (Wildman–Crippen LogP) is 1.65. The van der Waals surface area contributed by atoms with Crippen molar-refractivity contribution >= 4 is 23.5 Å². The van der Waals surface area contributed by atoms with Crippen LogP contribution in [0.15, 0.2) is 29.2 Å². The van der Waals surface area contributed by atoms with E-state index < -0.39 is 11.1 Å². The molecule has 0 aromatic heterocycles. The molecule has 0 aliphatic carbocycles. The molecule has 0 radical (unpaired) electrons. The molecule has 0 aliphatic rings. The van der Waals surface area contributed by atoms with Crippen molar-refractivity contribution < 1.29 is 8.76 Å². The van der Waals surface area contributed by atoms with Gasteiger partial charge in [0.1, 0.15) is 0 Å².